The first kappa shape index (κ1) is 18.7. The van der Waals surface area contributed by atoms with Crippen LogP contribution in [0.2, 0.25) is 0 Å². The predicted molar refractivity (Wildman–Crippen MR) is 75.8 cm³/mol. The second-order valence-corrected chi connectivity index (χ2v) is 10.6. The van der Waals surface area contributed by atoms with Crippen molar-refractivity contribution in [1.29, 1.82) is 0 Å². The Bertz CT molecular complexity index is 372. The normalized spacial score (nSPS) is 20.9. The van der Waals surface area contributed by atoms with Gasteiger partial charge < -0.3 is 25.7 Å². The monoisotopic (exact) mass is 314 g/mol. The summed E-state index contributed by atoms with van der Waals surface area (Å²) in [6.07, 6.45) is 6.08. The van der Waals surface area contributed by atoms with Gasteiger partial charge in [-0.2, -0.15) is 0 Å². The van der Waals surface area contributed by atoms with Crippen molar-refractivity contribution in [3.05, 3.63) is 11.9 Å². The lowest BCUT2D eigenvalue weighted by Crippen LogP contribution is -2.20. The molecule has 1 saturated heterocycles. The summed E-state index contributed by atoms with van der Waals surface area (Å²) < 4.78 is 21.1. The van der Waals surface area contributed by atoms with E-state index in [1.165, 1.54) is 18.5 Å². The molecule has 0 aromatic heterocycles. The topological polar surface area (TPSA) is 133 Å². The van der Waals surface area contributed by atoms with Crippen LogP contribution in [0.4, 0.5) is 0 Å². The molecular weight excluding hydrogens is 290 g/mol. The van der Waals surface area contributed by atoms with Gasteiger partial charge in [-0.3, -0.25) is 4.57 Å². The quantitative estimate of drug-likeness (QED) is 0.499. The molecule has 9 heteroatoms. The van der Waals surface area contributed by atoms with Gasteiger partial charge in [-0.25, -0.2) is 4.57 Å². The third kappa shape index (κ3) is 7.75. The van der Waals surface area contributed by atoms with E-state index in [2.05, 4.69) is 5.32 Å². The fourth-order valence-electron chi connectivity index (χ4n) is 1.41. The molecule has 0 bridgehead atoms. The molecule has 0 radical (unpaired) electrons. The van der Waals surface area contributed by atoms with Gasteiger partial charge in [-0.15, -0.1) is 0 Å². The zero-order valence-electron chi connectivity index (χ0n) is 11.2. The Balaban J connectivity index is 0.000000356. The number of hydrogen-bond donors (Lipinski definition) is 5. The number of rotatable bonds is 4. The standard InChI is InChI=1S/C6H12N2.C4H12O5P2/c7-5-6-3-1-2-4-8-6;1-2-3-4-10(5,6)11(7,8)9/h5,8H,1-4,7H2;2-4H2,1H3,(H,5,6)(H2,7,8,9). The lowest BCUT2D eigenvalue weighted by atomic mass is 10.1. The summed E-state index contributed by atoms with van der Waals surface area (Å²) in [7, 11) is -9.01. The number of nitrogens with one attached hydrogen (secondary N) is 1. The van der Waals surface area contributed by atoms with Crippen LogP contribution >= 0.6 is 14.3 Å². The van der Waals surface area contributed by atoms with Gasteiger partial charge in [0.25, 0.3) is 0 Å². The molecule has 1 aliphatic heterocycles. The van der Waals surface area contributed by atoms with Crippen LogP contribution in [0.5, 0.6) is 0 Å². The number of allylic oxidation sites excluding steroid dienone is 1. The van der Waals surface area contributed by atoms with Crippen molar-refractivity contribution in [3.8, 4) is 0 Å². The molecule has 1 heterocycles. The average molecular weight is 314 g/mol. The van der Waals surface area contributed by atoms with Crippen LogP contribution in [0.1, 0.15) is 39.0 Å². The summed E-state index contributed by atoms with van der Waals surface area (Å²) in [5.41, 5.74) is 6.48. The van der Waals surface area contributed by atoms with Gasteiger partial charge in [0.15, 0.2) is 0 Å². The zero-order chi connectivity index (χ0) is 14.9. The summed E-state index contributed by atoms with van der Waals surface area (Å²) in [5.74, 6) is 0. The van der Waals surface area contributed by atoms with Gasteiger partial charge in [-0.05, 0) is 25.7 Å². The van der Waals surface area contributed by atoms with E-state index < -0.39 is 14.3 Å². The van der Waals surface area contributed by atoms with Crippen molar-refractivity contribution < 1.29 is 23.8 Å². The Kier molecular flexibility index (Phi) is 8.62. The van der Waals surface area contributed by atoms with Gasteiger partial charge in [0.1, 0.15) is 0 Å². The van der Waals surface area contributed by atoms with E-state index in [1.54, 1.807) is 13.1 Å². The highest BCUT2D eigenvalue weighted by Crippen LogP contribution is 2.74. The van der Waals surface area contributed by atoms with Crippen molar-refractivity contribution in [2.45, 2.75) is 39.0 Å². The number of unbranched alkanes of at least 4 members (excludes halogenated alkanes) is 1. The second kappa shape index (κ2) is 8.77. The first-order chi connectivity index (χ1) is 8.74. The third-order valence-electron chi connectivity index (χ3n) is 2.64. The van der Waals surface area contributed by atoms with Gasteiger partial charge in [0, 0.05) is 24.6 Å². The van der Waals surface area contributed by atoms with Gasteiger partial charge in [-0.1, -0.05) is 13.3 Å². The van der Waals surface area contributed by atoms with Crippen LogP contribution in [0.15, 0.2) is 11.9 Å². The molecule has 0 aliphatic carbocycles. The molecular formula is C10H24N2O5P2. The van der Waals surface area contributed by atoms with Crippen LogP contribution < -0.4 is 11.1 Å². The van der Waals surface area contributed by atoms with Crippen molar-refractivity contribution in [2.24, 2.45) is 5.73 Å². The number of hydrogen-bond acceptors (Lipinski definition) is 4. The molecule has 0 spiro atoms. The maximum atomic E-state index is 10.8. The van der Waals surface area contributed by atoms with Crippen LogP contribution in [0, 0.1) is 0 Å². The second-order valence-electron chi connectivity index (χ2n) is 4.33. The lowest BCUT2D eigenvalue weighted by molar-refractivity contribution is 0.376. The van der Waals surface area contributed by atoms with E-state index in [9.17, 15) is 9.13 Å². The summed E-state index contributed by atoms with van der Waals surface area (Å²) >= 11 is 0. The third-order valence-corrected chi connectivity index (χ3v) is 7.39. The maximum absolute atomic E-state index is 10.8. The highest BCUT2D eigenvalue weighted by molar-refractivity contribution is 8.28. The summed E-state index contributed by atoms with van der Waals surface area (Å²) in [4.78, 5) is 25.5. The van der Waals surface area contributed by atoms with Crippen molar-refractivity contribution in [2.75, 3.05) is 12.7 Å². The van der Waals surface area contributed by atoms with Gasteiger partial charge in [0.05, 0.1) is 0 Å². The van der Waals surface area contributed by atoms with Crippen LogP contribution in [0.3, 0.4) is 0 Å². The SMILES string of the molecule is CCCCP(=O)(O)P(=O)(O)O.NC=C1CCCCN1. The molecule has 7 nitrogen and oxygen atoms in total. The molecule has 0 saturated carbocycles. The van der Waals surface area contributed by atoms with Crippen LogP contribution in [0.25, 0.3) is 0 Å². The highest BCUT2D eigenvalue weighted by Gasteiger charge is 2.38. The fraction of sp³-hybridized carbons (Fsp3) is 0.800. The Morgan fingerprint density at radius 2 is 1.95 bits per heavy atom. The van der Waals surface area contributed by atoms with Crippen molar-refractivity contribution in [1.82, 2.24) is 5.32 Å². The Labute approximate surface area is 113 Å². The molecule has 1 rings (SSSR count). The first-order valence-electron chi connectivity index (χ1n) is 6.27. The number of piperidine rings is 1. The first-order valence-corrected chi connectivity index (χ1v) is 10.4. The molecule has 1 aliphatic rings. The smallest absolute Gasteiger partial charge is 0.403 e. The highest BCUT2D eigenvalue weighted by atomic mass is 32.1. The van der Waals surface area contributed by atoms with Gasteiger partial charge >= 0.3 is 14.3 Å². The Hall–Kier alpha value is -0.320. The summed E-state index contributed by atoms with van der Waals surface area (Å²) in [6.45, 7) is 2.88. The zero-order valence-corrected chi connectivity index (χ0v) is 12.9. The molecule has 1 unspecified atom stereocenters. The predicted octanol–water partition coefficient (Wildman–Crippen LogP) is 1.71. The van der Waals surface area contributed by atoms with E-state index in [-0.39, 0.29) is 6.16 Å². The van der Waals surface area contributed by atoms with E-state index >= 15 is 0 Å². The van der Waals surface area contributed by atoms with E-state index in [0.29, 0.717) is 12.8 Å². The van der Waals surface area contributed by atoms with E-state index in [0.717, 1.165) is 13.0 Å². The van der Waals surface area contributed by atoms with Gasteiger partial charge in [0.2, 0.25) is 0 Å². The van der Waals surface area contributed by atoms with E-state index in [4.69, 9.17) is 20.4 Å². The molecule has 6 N–H and O–H groups in total. The molecule has 1 atom stereocenters. The molecule has 19 heavy (non-hydrogen) atoms. The van der Waals surface area contributed by atoms with Crippen LogP contribution in [-0.2, 0) is 9.13 Å². The van der Waals surface area contributed by atoms with Crippen molar-refractivity contribution >= 4 is 14.3 Å². The number of nitrogens with two attached hydrogens (primary N) is 1. The van der Waals surface area contributed by atoms with E-state index in [1.807, 2.05) is 0 Å². The average Bonchev–Trinajstić information content (AvgIpc) is 2.37. The minimum Gasteiger partial charge on any atom is -0.403 e. The summed E-state index contributed by atoms with van der Waals surface area (Å²) in [6, 6.07) is 0. The minimum atomic E-state index is -4.79. The minimum absolute atomic E-state index is 0.298. The molecule has 0 aromatic carbocycles. The molecule has 0 aromatic rings. The molecule has 0 amide bonds. The Morgan fingerprint density at radius 3 is 2.26 bits per heavy atom. The van der Waals surface area contributed by atoms with Crippen LogP contribution in [-0.4, -0.2) is 27.4 Å². The maximum Gasteiger partial charge on any atom is 0.407 e. The van der Waals surface area contributed by atoms with Crippen molar-refractivity contribution in [3.63, 3.8) is 0 Å². The molecule has 1 fully saturated rings. The summed E-state index contributed by atoms with van der Waals surface area (Å²) in [5, 5.41) is 3.20. The fourth-order valence-corrected chi connectivity index (χ4v) is 3.61. The lowest BCUT2D eigenvalue weighted by Gasteiger charge is -2.14. The molecule has 114 valence electrons. The largest absolute Gasteiger partial charge is 0.407 e. The Morgan fingerprint density at radius 1 is 1.32 bits per heavy atom.